The standard InChI is InChI=1S/C12H15ClFNS/c13-9-4-3-8(6-10(9)14)7-11(15)12-2-1-5-16-12/h3-4,6,11-12H,1-2,5,7,15H2. The van der Waals surface area contributed by atoms with Crippen LogP contribution in [0, 0.1) is 5.82 Å². The highest BCUT2D eigenvalue weighted by Crippen LogP contribution is 2.29. The average Bonchev–Trinajstić information content (AvgIpc) is 2.77. The molecule has 2 rings (SSSR count). The van der Waals surface area contributed by atoms with Crippen molar-refractivity contribution in [1.82, 2.24) is 0 Å². The summed E-state index contributed by atoms with van der Waals surface area (Å²) >= 11 is 7.57. The van der Waals surface area contributed by atoms with Crippen LogP contribution in [0.5, 0.6) is 0 Å². The van der Waals surface area contributed by atoms with E-state index in [1.165, 1.54) is 24.7 Å². The zero-order chi connectivity index (χ0) is 11.5. The molecule has 1 aromatic carbocycles. The third-order valence-electron chi connectivity index (χ3n) is 2.90. The van der Waals surface area contributed by atoms with E-state index in [1.807, 2.05) is 17.8 Å². The molecule has 16 heavy (non-hydrogen) atoms. The van der Waals surface area contributed by atoms with Crippen LogP contribution in [0.1, 0.15) is 18.4 Å². The van der Waals surface area contributed by atoms with Gasteiger partial charge < -0.3 is 5.73 Å². The lowest BCUT2D eigenvalue weighted by molar-refractivity contribution is 0.598. The SMILES string of the molecule is NC(Cc1ccc(Cl)c(F)c1)C1CCCS1. The predicted octanol–water partition coefficient (Wildman–Crippen LogP) is 3.24. The molecule has 1 aliphatic heterocycles. The maximum atomic E-state index is 13.2. The second-order valence-corrected chi connectivity index (χ2v) is 5.92. The molecular weight excluding hydrogens is 245 g/mol. The third-order valence-corrected chi connectivity index (χ3v) is 4.74. The Morgan fingerprint density at radius 1 is 1.56 bits per heavy atom. The largest absolute Gasteiger partial charge is 0.326 e. The predicted molar refractivity (Wildman–Crippen MR) is 68.6 cm³/mol. The van der Waals surface area contributed by atoms with Crippen molar-refractivity contribution in [2.24, 2.45) is 5.73 Å². The van der Waals surface area contributed by atoms with Crippen LogP contribution in [-0.2, 0) is 6.42 Å². The fourth-order valence-electron chi connectivity index (χ4n) is 2.01. The van der Waals surface area contributed by atoms with Gasteiger partial charge in [-0.2, -0.15) is 11.8 Å². The molecule has 0 bridgehead atoms. The van der Waals surface area contributed by atoms with Gasteiger partial charge in [-0.15, -0.1) is 0 Å². The van der Waals surface area contributed by atoms with E-state index in [0.717, 1.165) is 12.0 Å². The van der Waals surface area contributed by atoms with Gasteiger partial charge in [-0.3, -0.25) is 0 Å². The molecule has 1 aliphatic rings. The van der Waals surface area contributed by atoms with Gasteiger partial charge >= 0.3 is 0 Å². The van der Waals surface area contributed by atoms with Crippen LogP contribution in [0.4, 0.5) is 4.39 Å². The van der Waals surface area contributed by atoms with Crippen molar-refractivity contribution in [3.63, 3.8) is 0 Å². The molecule has 1 saturated heterocycles. The van der Waals surface area contributed by atoms with Gasteiger partial charge in [0, 0.05) is 11.3 Å². The smallest absolute Gasteiger partial charge is 0.142 e. The second-order valence-electron chi connectivity index (χ2n) is 4.17. The highest BCUT2D eigenvalue weighted by molar-refractivity contribution is 8.00. The summed E-state index contributed by atoms with van der Waals surface area (Å²) in [6.45, 7) is 0. The lowest BCUT2D eigenvalue weighted by Gasteiger charge is -2.18. The first-order valence-electron chi connectivity index (χ1n) is 5.48. The Bertz CT molecular complexity index is 366. The number of rotatable bonds is 3. The van der Waals surface area contributed by atoms with Crippen molar-refractivity contribution >= 4 is 23.4 Å². The molecule has 0 aliphatic carbocycles. The summed E-state index contributed by atoms with van der Waals surface area (Å²) in [6.07, 6.45) is 3.16. The first-order chi connectivity index (χ1) is 7.66. The fraction of sp³-hybridized carbons (Fsp3) is 0.500. The number of nitrogens with two attached hydrogens (primary N) is 1. The van der Waals surface area contributed by atoms with E-state index in [0.29, 0.717) is 5.25 Å². The lowest BCUT2D eigenvalue weighted by atomic mass is 10.0. The first kappa shape index (κ1) is 12.2. The summed E-state index contributed by atoms with van der Waals surface area (Å²) in [5.74, 6) is 0.846. The number of thioether (sulfide) groups is 1. The van der Waals surface area contributed by atoms with E-state index in [2.05, 4.69) is 0 Å². The Balaban J connectivity index is 1.99. The maximum absolute atomic E-state index is 13.2. The van der Waals surface area contributed by atoms with Gasteiger partial charge in [-0.1, -0.05) is 17.7 Å². The summed E-state index contributed by atoms with van der Waals surface area (Å²) in [7, 11) is 0. The van der Waals surface area contributed by atoms with Crippen LogP contribution < -0.4 is 5.73 Å². The van der Waals surface area contributed by atoms with Crippen molar-refractivity contribution in [1.29, 1.82) is 0 Å². The molecular formula is C12H15ClFNS. The van der Waals surface area contributed by atoms with Crippen molar-refractivity contribution in [3.05, 3.63) is 34.6 Å². The molecule has 1 nitrogen and oxygen atoms in total. The molecule has 88 valence electrons. The van der Waals surface area contributed by atoms with Gasteiger partial charge in [0.2, 0.25) is 0 Å². The number of halogens is 2. The summed E-state index contributed by atoms with van der Waals surface area (Å²) in [5, 5.41) is 0.700. The zero-order valence-corrected chi connectivity index (χ0v) is 10.5. The minimum atomic E-state index is -0.356. The van der Waals surface area contributed by atoms with Crippen LogP contribution in [0.3, 0.4) is 0 Å². The van der Waals surface area contributed by atoms with Crippen molar-refractivity contribution in [2.45, 2.75) is 30.6 Å². The molecule has 0 spiro atoms. The van der Waals surface area contributed by atoms with Gasteiger partial charge in [-0.25, -0.2) is 4.39 Å². The van der Waals surface area contributed by atoms with Gasteiger partial charge in [0.15, 0.2) is 0 Å². The van der Waals surface area contributed by atoms with E-state index in [1.54, 1.807) is 6.07 Å². The quantitative estimate of drug-likeness (QED) is 0.902. The molecule has 1 heterocycles. The van der Waals surface area contributed by atoms with Gasteiger partial charge in [-0.05, 0) is 42.7 Å². The molecule has 0 aromatic heterocycles. The van der Waals surface area contributed by atoms with Crippen molar-refractivity contribution in [3.8, 4) is 0 Å². The Labute approximate surface area is 105 Å². The molecule has 0 radical (unpaired) electrons. The molecule has 2 N–H and O–H groups in total. The van der Waals surface area contributed by atoms with E-state index in [9.17, 15) is 4.39 Å². The Hall–Kier alpha value is -0.250. The zero-order valence-electron chi connectivity index (χ0n) is 8.96. The second kappa shape index (κ2) is 5.39. The fourth-order valence-corrected chi connectivity index (χ4v) is 3.44. The minimum absolute atomic E-state index is 0.119. The molecule has 1 aromatic rings. The average molecular weight is 260 g/mol. The van der Waals surface area contributed by atoms with Gasteiger partial charge in [0.25, 0.3) is 0 Å². The first-order valence-corrected chi connectivity index (χ1v) is 6.90. The van der Waals surface area contributed by atoms with E-state index >= 15 is 0 Å². The Morgan fingerprint density at radius 3 is 3.00 bits per heavy atom. The normalized spacial score (nSPS) is 22.3. The molecule has 0 saturated carbocycles. The number of hydrogen-bond acceptors (Lipinski definition) is 2. The highest BCUT2D eigenvalue weighted by atomic mass is 35.5. The summed E-state index contributed by atoms with van der Waals surface area (Å²) in [6, 6.07) is 5.06. The summed E-state index contributed by atoms with van der Waals surface area (Å²) in [5.41, 5.74) is 7.06. The minimum Gasteiger partial charge on any atom is -0.326 e. The summed E-state index contributed by atoms with van der Waals surface area (Å²) < 4.78 is 13.2. The summed E-state index contributed by atoms with van der Waals surface area (Å²) in [4.78, 5) is 0. The van der Waals surface area contributed by atoms with Crippen molar-refractivity contribution < 1.29 is 4.39 Å². The topological polar surface area (TPSA) is 26.0 Å². The van der Waals surface area contributed by atoms with Crippen molar-refractivity contribution in [2.75, 3.05) is 5.75 Å². The highest BCUT2D eigenvalue weighted by Gasteiger charge is 2.22. The molecule has 4 heteroatoms. The van der Waals surface area contributed by atoms with Crippen LogP contribution in [0.25, 0.3) is 0 Å². The van der Waals surface area contributed by atoms with Crippen LogP contribution in [0.2, 0.25) is 5.02 Å². The lowest BCUT2D eigenvalue weighted by Crippen LogP contribution is -2.33. The third kappa shape index (κ3) is 2.90. The Morgan fingerprint density at radius 2 is 2.38 bits per heavy atom. The molecule has 0 amide bonds. The number of hydrogen-bond donors (Lipinski definition) is 1. The van der Waals surface area contributed by atoms with E-state index in [-0.39, 0.29) is 16.9 Å². The van der Waals surface area contributed by atoms with Crippen LogP contribution >= 0.6 is 23.4 Å². The van der Waals surface area contributed by atoms with Crippen LogP contribution in [-0.4, -0.2) is 17.0 Å². The van der Waals surface area contributed by atoms with E-state index < -0.39 is 0 Å². The molecule has 2 atom stereocenters. The maximum Gasteiger partial charge on any atom is 0.142 e. The monoisotopic (exact) mass is 259 g/mol. The Kier molecular flexibility index (Phi) is 4.11. The molecule has 2 unspecified atom stereocenters. The number of benzene rings is 1. The van der Waals surface area contributed by atoms with E-state index in [4.69, 9.17) is 17.3 Å². The van der Waals surface area contributed by atoms with Crippen LogP contribution in [0.15, 0.2) is 18.2 Å². The van der Waals surface area contributed by atoms with Gasteiger partial charge in [0.05, 0.1) is 5.02 Å². The molecule has 1 fully saturated rings. The van der Waals surface area contributed by atoms with Gasteiger partial charge in [0.1, 0.15) is 5.82 Å².